The molecule has 0 spiro atoms. The van der Waals surface area contributed by atoms with Crippen molar-refractivity contribution in [2.24, 2.45) is 0 Å². The van der Waals surface area contributed by atoms with Crippen LogP contribution in [0.15, 0.2) is 12.4 Å². The molecule has 1 amide bonds. The van der Waals surface area contributed by atoms with Crippen molar-refractivity contribution in [3.05, 3.63) is 12.4 Å². The number of carbonyl (C=O) groups excluding carboxylic acids is 1. The summed E-state index contributed by atoms with van der Waals surface area (Å²) in [5.74, 6) is 1.11. The first-order valence-electron chi connectivity index (χ1n) is 5.51. The Morgan fingerprint density at radius 3 is 2.59 bits per heavy atom. The van der Waals surface area contributed by atoms with Gasteiger partial charge < -0.3 is 15.4 Å². The highest BCUT2D eigenvalue weighted by Crippen LogP contribution is 2.06. The predicted octanol–water partition coefficient (Wildman–Crippen LogP) is 0.812. The number of rotatable bonds is 6. The van der Waals surface area contributed by atoms with E-state index in [1.54, 1.807) is 19.5 Å². The van der Waals surface area contributed by atoms with E-state index in [0.29, 0.717) is 24.7 Å². The summed E-state index contributed by atoms with van der Waals surface area (Å²) in [6.45, 7) is 4.36. The molecule has 1 rings (SSSR count). The standard InChI is InChI=1S/C11H18N4O2/c1-8(2)15-10(16)4-5-12-11-13-6-9(17-3)7-14-11/h6-8H,4-5H2,1-3H3,(H,15,16)(H,12,13,14). The Kier molecular flexibility index (Phi) is 5.19. The van der Waals surface area contributed by atoms with Crippen LogP contribution in [0.5, 0.6) is 5.75 Å². The van der Waals surface area contributed by atoms with Crippen molar-refractivity contribution in [1.29, 1.82) is 0 Å². The number of hydrogen-bond acceptors (Lipinski definition) is 5. The molecule has 0 aliphatic heterocycles. The van der Waals surface area contributed by atoms with Gasteiger partial charge in [-0.05, 0) is 13.8 Å². The third-order valence-electron chi connectivity index (χ3n) is 1.95. The molecule has 6 heteroatoms. The Hall–Kier alpha value is -1.85. The Balaban J connectivity index is 2.28. The summed E-state index contributed by atoms with van der Waals surface area (Å²) < 4.78 is 4.94. The van der Waals surface area contributed by atoms with Gasteiger partial charge in [0, 0.05) is 19.0 Å². The van der Waals surface area contributed by atoms with Crippen molar-refractivity contribution in [3.63, 3.8) is 0 Å². The molecular formula is C11H18N4O2. The van der Waals surface area contributed by atoms with Crippen LogP contribution < -0.4 is 15.4 Å². The highest BCUT2D eigenvalue weighted by Gasteiger charge is 2.03. The third kappa shape index (κ3) is 5.14. The fraction of sp³-hybridized carbons (Fsp3) is 0.545. The van der Waals surface area contributed by atoms with Gasteiger partial charge >= 0.3 is 0 Å². The average molecular weight is 238 g/mol. The van der Waals surface area contributed by atoms with Crippen molar-refractivity contribution in [1.82, 2.24) is 15.3 Å². The topological polar surface area (TPSA) is 76.1 Å². The molecule has 0 aromatic carbocycles. The molecule has 1 heterocycles. The normalized spacial score (nSPS) is 10.1. The van der Waals surface area contributed by atoms with Gasteiger partial charge in [0.25, 0.3) is 0 Å². The lowest BCUT2D eigenvalue weighted by Gasteiger charge is -2.08. The number of nitrogens with zero attached hydrogens (tertiary/aromatic N) is 2. The molecule has 0 aliphatic carbocycles. The summed E-state index contributed by atoms with van der Waals surface area (Å²) in [7, 11) is 1.56. The summed E-state index contributed by atoms with van der Waals surface area (Å²) in [4.78, 5) is 19.4. The minimum atomic E-state index is 0.0148. The van der Waals surface area contributed by atoms with Gasteiger partial charge in [-0.15, -0.1) is 0 Å². The zero-order chi connectivity index (χ0) is 12.7. The molecule has 0 radical (unpaired) electrons. The quantitative estimate of drug-likeness (QED) is 0.767. The van der Waals surface area contributed by atoms with E-state index in [4.69, 9.17) is 4.74 Å². The number of methoxy groups -OCH3 is 1. The average Bonchev–Trinajstić information content (AvgIpc) is 2.29. The largest absolute Gasteiger partial charge is 0.494 e. The summed E-state index contributed by atoms with van der Waals surface area (Å²) >= 11 is 0. The lowest BCUT2D eigenvalue weighted by atomic mass is 10.3. The summed E-state index contributed by atoms with van der Waals surface area (Å²) in [6, 6.07) is 0.166. The number of ether oxygens (including phenoxy) is 1. The van der Waals surface area contributed by atoms with Crippen molar-refractivity contribution < 1.29 is 9.53 Å². The van der Waals surface area contributed by atoms with Crippen molar-refractivity contribution in [2.75, 3.05) is 19.0 Å². The van der Waals surface area contributed by atoms with Crippen LogP contribution in [0.1, 0.15) is 20.3 Å². The van der Waals surface area contributed by atoms with E-state index in [1.807, 2.05) is 13.8 Å². The second-order valence-corrected chi connectivity index (χ2v) is 3.85. The first kappa shape index (κ1) is 13.2. The first-order valence-corrected chi connectivity index (χ1v) is 5.51. The van der Waals surface area contributed by atoms with E-state index >= 15 is 0 Å². The van der Waals surface area contributed by atoms with Crippen LogP contribution in [0.25, 0.3) is 0 Å². The maximum absolute atomic E-state index is 11.3. The predicted molar refractivity (Wildman–Crippen MR) is 65.0 cm³/mol. The van der Waals surface area contributed by atoms with Crippen LogP contribution >= 0.6 is 0 Å². The molecule has 0 aliphatic rings. The van der Waals surface area contributed by atoms with E-state index in [2.05, 4.69) is 20.6 Å². The van der Waals surface area contributed by atoms with Crippen LogP contribution in [-0.2, 0) is 4.79 Å². The van der Waals surface area contributed by atoms with Crippen molar-refractivity contribution >= 4 is 11.9 Å². The van der Waals surface area contributed by atoms with Gasteiger partial charge in [-0.2, -0.15) is 0 Å². The highest BCUT2D eigenvalue weighted by molar-refractivity contribution is 5.76. The maximum atomic E-state index is 11.3. The van der Waals surface area contributed by atoms with Gasteiger partial charge in [0.15, 0.2) is 5.75 Å². The Morgan fingerprint density at radius 2 is 2.06 bits per heavy atom. The van der Waals surface area contributed by atoms with Crippen molar-refractivity contribution in [3.8, 4) is 5.75 Å². The second kappa shape index (κ2) is 6.67. The first-order chi connectivity index (χ1) is 8.11. The number of anilines is 1. The maximum Gasteiger partial charge on any atom is 0.222 e. The molecule has 0 unspecified atom stereocenters. The van der Waals surface area contributed by atoms with Gasteiger partial charge in [0.2, 0.25) is 11.9 Å². The molecule has 6 nitrogen and oxygen atoms in total. The smallest absolute Gasteiger partial charge is 0.222 e. The highest BCUT2D eigenvalue weighted by atomic mass is 16.5. The molecule has 0 fully saturated rings. The zero-order valence-electron chi connectivity index (χ0n) is 10.4. The number of amides is 1. The SMILES string of the molecule is COc1cnc(NCCC(=O)NC(C)C)nc1. The molecule has 0 saturated carbocycles. The zero-order valence-corrected chi connectivity index (χ0v) is 10.4. The molecule has 0 atom stereocenters. The van der Waals surface area contributed by atoms with Gasteiger partial charge in [0.1, 0.15) is 0 Å². The fourth-order valence-corrected chi connectivity index (χ4v) is 1.19. The number of carbonyl (C=O) groups is 1. The summed E-state index contributed by atoms with van der Waals surface area (Å²) in [5.41, 5.74) is 0. The molecule has 17 heavy (non-hydrogen) atoms. The van der Waals surface area contributed by atoms with E-state index in [-0.39, 0.29) is 11.9 Å². The minimum absolute atomic E-state index is 0.0148. The molecular weight excluding hydrogens is 220 g/mol. The van der Waals surface area contributed by atoms with Gasteiger partial charge in [-0.25, -0.2) is 9.97 Å². The molecule has 2 N–H and O–H groups in total. The van der Waals surface area contributed by atoms with E-state index in [1.165, 1.54) is 0 Å². The number of nitrogens with one attached hydrogen (secondary N) is 2. The van der Waals surface area contributed by atoms with Gasteiger partial charge in [-0.3, -0.25) is 4.79 Å². The number of aromatic nitrogens is 2. The minimum Gasteiger partial charge on any atom is -0.494 e. The van der Waals surface area contributed by atoms with Crippen LogP contribution in [0.4, 0.5) is 5.95 Å². The van der Waals surface area contributed by atoms with Crippen molar-refractivity contribution in [2.45, 2.75) is 26.3 Å². The molecule has 1 aromatic heterocycles. The van der Waals surface area contributed by atoms with Crippen LogP contribution in [-0.4, -0.2) is 35.6 Å². The van der Waals surface area contributed by atoms with Crippen LogP contribution in [0, 0.1) is 0 Å². The van der Waals surface area contributed by atoms with Gasteiger partial charge in [0.05, 0.1) is 19.5 Å². The molecule has 0 bridgehead atoms. The molecule has 1 aromatic rings. The number of hydrogen-bond donors (Lipinski definition) is 2. The third-order valence-corrected chi connectivity index (χ3v) is 1.95. The Bertz CT molecular complexity index is 351. The van der Waals surface area contributed by atoms with E-state index < -0.39 is 0 Å². The van der Waals surface area contributed by atoms with Gasteiger partial charge in [-0.1, -0.05) is 0 Å². The lowest BCUT2D eigenvalue weighted by Crippen LogP contribution is -2.31. The van der Waals surface area contributed by atoms with E-state index in [0.717, 1.165) is 0 Å². The van der Waals surface area contributed by atoms with E-state index in [9.17, 15) is 4.79 Å². The lowest BCUT2D eigenvalue weighted by molar-refractivity contribution is -0.121. The monoisotopic (exact) mass is 238 g/mol. The fourth-order valence-electron chi connectivity index (χ4n) is 1.19. The van der Waals surface area contributed by atoms with Crippen LogP contribution in [0.3, 0.4) is 0 Å². The molecule has 94 valence electrons. The molecule has 0 saturated heterocycles. The second-order valence-electron chi connectivity index (χ2n) is 3.85. The Morgan fingerprint density at radius 1 is 1.41 bits per heavy atom. The Labute approximate surface area is 101 Å². The van der Waals surface area contributed by atoms with Crippen LogP contribution in [0.2, 0.25) is 0 Å². The summed E-state index contributed by atoms with van der Waals surface area (Å²) in [5, 5.41) is 5.77. The summed E-state index contributed by atoms with van der Waals surface area (Å²) in [6.07, 6.45) is 3.54.